The molecule has 0 aliphatic carbocycles. The molecule has 1 aromatic heterocycles. The molecule has 0 aliphatic heterocycles. The summed E-state index contributed by atoms with van der Waals surface area (Å²) < 4.78 is 11.1. The summed E-state index contributed by atoms with van der Waals surface area (Å²) in [6.07, 6.45) is 1.60. The zero-order chi connectivity index (χ0) is 14.4. The topological polar surface area (TPSA) is 82.3 Å². The fourth-order valence-electron chi connectivity index (χ4n) is 1.69. The summed E-state index contributed by atoms with van der Waals surface area (Å²) in [6, 6.07) is 7.21. The third-order valence-corrected chi connectivity index (χ3v) is 2.48. The van der Waals surface area contributed by atoms with E-state index in [1.165, 1.54) is 0 Å². The van der Waals surface area contributed by atoms with Gasteiger partial charge in [-0.1, -0.05) is 0 Å². The molecule has 0 saturated carbocycles. The highest BCUT2D eigenvalue weighted by molar-refractivity contribution is 5.60. The highest BCUT2D eigenvalue weighted by atomic mass is 16.5. The summed E-state index contributed by atoms with van der Waals surface area (Å²) in [5.41, 5.74) is 6.43. The van der Waals surface area contributed by atoms with E-state index in [0.717, 1.165) is 5.69 Å². The standard InChI is InChI=1S/C14H18N4O2/c1-3-19-11-6-5-10(9-12(11)20-4-2)17-14-16-8-7-13(15)18-14/h5-9H,3-4H2,1-2H3,(H3,15,16,17,18). The van der Waals surface area contributed by atoms with E-state index in [2.05, 4.69) is 15.3 Å². The number of nitrogen functional groups attached to an aromatic ring is 1. The van der Waals surface area contributed by atoms with Crippen LogP contribution in [0.25, 0.3) is 0 Å². The van der Waals surface area contributed by atoms with Crippen LogP contribution in [0.5, 0.6) is 11.5 Å². The normalized spacial score (nSPS) is 10.1. The van der Waals surface area contributed by atoms with Crippen LogP contribution in [0.2, 0.25) is 0 Å². The number of nitrogens with zero attached hydrogens (tertiary/aromatic N) is 2. The van der Waals surface area contributed by atoms with Crippen molar-refractivity contribution in [3.8, 4) is 11.5 Å². The van der Waals surface area contributed by atoms with Crippen molar-refractivity contribution in [2.24, 2.45) is 0 Å². The van der Waals surface area contributed by atoms with Crippen LogP contribution in [0.15, 0.2) is 30.5 Å². The lowest BCUT2D eigenvalue weighted by atomic mass is 10.2. The summed E-state index contributed by atoms with van der Waals surface area (Å²) in [5.74, 6) is 2.26. The van der Waals surface area contributed by atoms with Crippen LogP contribution in [0.4, 0.5) is 17.5 Å². The van der Waals surface area contributed by atoms with Crippen molar-refractivity contribution < 1.29 is 9.47 Å². The van der Waals surface area contributed by atoms with Crippen LogP contribution >= 0.6 is 0 Å². The Morgan fingerprint density at radius 1 is 1.10 bits per heavy atom. The Balaban J connectivity index is 2.22. The Hall–Kier alpha value is -2.50. The zero-order valence-corrected chi connectivity index (χ0v) is 11.6. The van der Waals surface area contributed by atoms with Crippen LogP contribution in [0, 0.1) is 0 Å². The van der Waals surface area contributed by atoms with Gasteiger partial charge in [-0.3, -0.25) is 0 Å². The second kappa shape index (κ2) is 6.60. The molecule has 0 saturated heterocycles. The van der Waals surface area contributed by atoms with Crippen molar-refractivity contribution >= 4 is 17.5 Å². The molecule has 0 unspecified atom stereocenters. The number of nitrogens with two attached hydrogens (primary N) is 1. The van der Waals surface area contributed by atoms with E-state index in [9.17, 15) is 0 Å². The van der Waals surface area contributed by atoms with Gasteiger partial charge in [0.05, 0.1) is 13.2 Å². The zero-order valence-electron chi connectivity index (χ0n) is 11.6. The molecule has 0 spiro atoms. The molecule has 2 rings (SSSR count). The van der Waals surface area contributed by atoms with Gasteiger partial charge in [-0.05, 0) is 32.0 Å². The van der Waals surface area contributed by atoms with Gasteiger partial charge >= 0.3 is 0 Å². The van der Waals surface area contributed by atoms with Gasteiger partial charge in [0.15, 0.2) is 11.5 Å². The van der Waals surface area contributed by atoms with Gasteiger partial charge in [-0.2, -0.15) is 4.98 Å². The quantitative estimate of drug-likeness (QED) is 0.842. The number of benzene rings is 1. The largest absolute Gasteiger partial charge is 0.490 e. The van der Waals surface area contributed by atoms with Gasteiger partial charge in [-0.15, -0.1) is 0 Å². The first kappa shape index (κ1) is 13.9. The minimum Gasteiger partial charge on any atom is -0.490 e. The molecule has 0 bridgehead atoms. The van der Waals surface area contributed by atoms with Crippen molar-refractivity contribution in [3.05, 3.63) is 30.5 Å². The molecule has 0 aliphatic rings. The van der Waals surface area contributed by atoms with Crippen LogP contribution in [-0.2, 0) is 0 Å². The van der Waals surface area contributed by atoms with E-state index >= 15 is 0 Å². The van der Waals surface area contributed by atoms with E-state index in [1.54, 1.807) is 12.3 Å². The number of hydrogen-bond acceptors (Lipinski definition) is 6. The minimum atomic E-state index is 0.415. The van der Waals surface area contributed by atoms with Crippen molar-refractivity contribution in [2.75, 3.05) is 24.3 Å². The van der Waals surface area contributed by atoms with Gasteiger partial charge in [0.25, 0.3) is 0 Å². The first-order chi connectivity index (χ1) is 9.72. The van der Waals surface area contributed by atoms with E-state index in [1.807, 2.05) is 32.0 Å². The summed E-state index contributed by atoms with van der Waals surface area (Å²) in [4.78, 5) is 8.18. The molecule has 0 radical (unpaired) electrons. The monoisotopic (exact) mass is 274 g/mol. The average Bonchev–Trinajstić information content (AvgIpc) is 2.42. The third-order valence-electron chi connectivity index (χ3n) is 2.48. The molecule has 0 atom stereocenters. The first-order valence-electron chi connectivity index (χ1n) is 6.48. The average molecular weight is 274 g/mol. The summed E-state index contributed by atoms with van der Waals surface area (Å²) in [6.45, 7) is 5.02. The van der Waals surface area contributed by atoms with Crippen molar-refractivity contribution in [2.45, 2.75) is 13.8 Å². The first-order valence-corrected chi connectivity index (χ1v) is 6.48. The molecular formula is C14H18N4O2. The van der Waals surface area contributed by atoms with Crippen molar-refractivity contribution in [3.63, 3.8) is 0 Å². The maximum atomic E-state index is 5.62. The number of rotatable bonds is 6. The molecule has 3 N–H and O–H groups in total. The van der Waals surface area contributed by atoms with Crippen LogP contribution in [-0.4, -0.2) is 23.2 Å². The van der Waals surface area contributed by atoms with E-state index in [4.69, 9.17) is 15.2 Å². The molecule has 6 heteroatoms. The van der Waals surface area contributed by atoms with Gasteiger partial charge in [0.2, 0.25) is 5.95 Å². The summed E-state index contributed by atoms with van der Waals surface area (Å²) in [5, 5.41) is 3.08. The Labute approximate surface area is 118 Å². The predicted molar refractivity (Wildman–Crippen MR) is 78.5 cm³/mol. The molecule has 0 amide bonds. The van der Waals surface area contributed by atoms with Crippen LogP contribution < -0.4 is 20.5 Å². The Bertz CT molecular complexity index is 575. The van der Waals surface area contributed by atoms with E-state index in [-0.39, 0.29) is 0 Å². The van der Waals surface area contributed by atoms with E-state index < -0.39 is 0 Å². The smallest absolute Gasteiger partial charge is 0.229 e. The summed E-state index contributed by atoms with van der Waals surface area (Å²) in [7, 11) is 0. The molecule has 106 valence electrons. The van der Waals surface area contributed by atoms with Crippen molar-refractivity contribution in [1.82, 2.24) is 9.97 Å². The van der Waals surface area contributed by atoms with Gasteiger partial charge in [0.1, 0.15) is 5.82 Å². The Morgan fingerprint density at radius 3 is 2.55 bits per heavy atom. The lowest BCUT2D eigenvalue weighted by molar-refractivity contribution is 0.288. The second-order valence-corrected chi connectivity index (χ2v) is 3.96. The molecular weight excluding hydrogens is 256 g/mol. The predicted octanol–water partition coefficient (Wildman–Crippen LogP) is 2.60. The number of aromatic nitrogens is 2. The van der Waals surface area contributed by atoms with Gasteiger partial charge in [0, 0.05) is 18.0 Å². The Kier molecular flexibility index (Phi) is 4.60. The minimum absolute atomic E-state index is 0.415. The fraction of sp³-hybridized carbons (Fsp3) is 0.286. The number of ether oxygens (including phenoxy) is 2. The van der Waals surface area contributed by atoms with Crippen LogP contribution in [0.1, 0.15) is 13.8 Å². The Morgan fingerprint density at radius 2 is 1.85 bits per heavy atom. The molecule has 2 aromatic rings. The lowest BCUT2D eigenvalue weighted by Crippen LogP contribution is -2.02. The van der Waals surface area contributed by atoms with Crippen LogP contribution in [0.3, 0.4) is 0 Å². The third kappa shape index (κ3) is 3.50. The number of hydrogen-bond donors (Lipinski definition) is 2. The number of anilines is 3. The maximum Gasteiger partial charge on any atom is 0.229 e. The van der Waals surface area contributed by atoms with Gasteiger partial charge in [-0.25, -0.2) is 4.98 Å². The van der Waals surface area contributed by atoms with Crippen molar-refractivity contribution in [1.29, 1.82) is 0 Å². The molecule has 20 heavy (non-hydrogen) atoms. The second-order valence-electron chi connectivity index (χ2n) is 3.96. The maximum absolute atomic E-state index is 5.62. The fourth-order valence-corrected chi connectivity index (χ4v) is 1.69. The highest BCUT2D eigenvalue weighted by Crippen LogP contribution is 2.31. The molecule has 6 nitrogen and oxygen atoms in total. The highest BCUT2D eigenvalue weighted by Gasteiger charge is 2.07. The SMILES string of the molecule is CCOc1ccc(Nc2nccc(N)n2)cc1OCC. The van der Waals surface area contributed by atoms with Gasteiger partial charge < -0.3 is 20.5 Å². The molecule has 0 fully saturated rings. The number of nitrogens with one attached hydrogen (secondary N) is 1. The lowest BCUT2D eigenvalue weighted by Gasteiger charge is -2.13. The summed E-state index contributed by atoms with van der Waals surface area (Å²) >= 11 is 0. The van der Waals surface area contributed by atoms with E-state index in [0.29, 0.717) is 36.5 Å². The molecule has 1 heterocycles. The molecule has 1 aromatic carbocycles.